The first kappa shape index (κ1) is 16.6. The Morgan fingerprint density at radius 3 is 2.71 bits per heavy atom. The molecule has 4 heteroatoms. The molecule has 0 saturated heterocycles. The molecule has 0 aliphatic heterocycles. The van der Waals surface area contributed by atoms with Crippen molar-refractivity contribution in [2.45, 2.75) is 63.3 Å². The summed E-state index contributed by atoms with van der Waals surface area (Å²) < 4.78 is 24.9. The Morgan fingerprint density at radius 2 is 2.05 bits per heavy atom. The minimum atomic E-state index is -0.671. The average molecular weight is 311 g/mol. The summed E-state index contributed by atoms with van der Waals surface area (Å²) in [6, 6.07) is 7.56. The zero-order valence-corrected chi connectivity index (χ0v) is 13.8. The van der Waals surface area contributed by atoms with Crippen LogP contribution in [0.15, 0.2) is 24.3 Å². The van der Waals surface area contributed by atoms with Crippen LogP contribution >= 0.6 is 0 Å². The van der Waals surface area contributed by atoms with Crippen molar-refractivity contribution in [2.75, 3.05) is 5.75 Å². The quantitative estimate of drug-likeness (QED) is 0.872. The fraction of sp³-hybridized carbons (Fsp3) is 0.647. The van der Waals surface area contributed by atoms with E-state index in [-0.39, 0.29) is 5.82 Å². The molecular weight excluding hydrogens is 285 g/mol. The van der Waals surface area contributed by atoms with Crippen LogP contribution < -0.4 is 5.32 Å². The topological polar surface area (TPSA) is 29.1 Å². The van der Waals surface area contributed by atoms with Gasteiger partial charge in [0.25, 0.3) is 0 Å². The molecule has 0 unspecified atom stereocenters. The van der Waals surface area contributed by atoms with E-state index in [2.05, 4.69) is 12.2 Å². The molecule has 1 aliphatic rings. The van der Waals surface area contributed by atoms with Crippen LogP contribution in [0.1, 0.15) is 45.1 Å². The van der Waals surface area contributed by atoms with E-state index >= 15 is 0 Å². The van der Waals surface area contributed by atoms with Crippen LogP contribution in [0.2, 0.25) is 0 Å². The summed E-state index contributed by atoms with van der Waals surface area (Å²) in [5.41, 5.74) is 1.15. The maximum Gasteiger partial charge on any atom is 0.123 e. The van der Waals surface area contributed by atoms with E-state index in [1.807, 2.05) is 19.1 Å². The third-order valence-corrected chi connectivity index (χ3v) is 6.00. The third-order valence-electron chi connectivity index (χ3n) is 4.26. The summed E-state index contributed by atoms with van der Waals surface area (Å²) >= 11 is 0. The summed E-state index contributed by atoms with van der Waals surface area (Å²) in [6.07, 6.45) is 5.36. The predicted octanol–water partition coefficient (Wildman–Crippen LogP) is 3.43. The first-order valence-corrected chi connectivity index (χ1v) is 9.34. The third kappa shape index (κ3) is 5.19. The highest BCUT2D eigenvalue weighted by molar-refractivity contribution is 7.85. The van der Waals surface area contributed by atoms with Gasteiger partial charge in [0.15, 0.2) is 0 Å². The summed E-state index contributed by atoms with van der Waals surface area (Å²) in [5, 5.41) is 4.02. The van der Waals surface area contributed by atoms with Gasteiger partial charge >= 0.3 is 0 Å². The molecule has 4 atom stereocenters. The number of benzene rings is 1. The Balaban J connectivity index is 1.83. The molecule has 1 aromatic carbocycles. The second-order valence-corrected chi connectivity index (χ2v) is 8.06. The molecular formula is C17H26FNOS. The molecule has 0 radical (unpaired) electrons. The minimum absolute atomic E-state index is 0.184. The summed E-state index contributed by atoms with van der Waals surface area (Å²) in [4.78, 5) is 0. The van der Waals surface area contributed by atoms with Crippen molar-refractivity contribution < 1.29 is 8.60 Å². The Hall–Kier alpha value is -0.740. The van der Waals surface area contributed by atoms with Gasteiger partial charge < -0.3 is 5.32 Å². The maximum atomic E-state index is 12.9. The molecule has 1 fully saturated rings. The van der Waals surface area contributed by atoms with Crippen molar-refractivity contribution in [3.05, 3.63) is 35.6 Å². The Labute approximate surface area is 130 Å². The van der Waals surface area contributed by atoms with Crippen LogP contribution in [0, 0.1) is 5.82 Å². The van der Waals surface area contributed by atoms with Crippen LogP contribution in [-0.4, -0.2) is 27.3 Å². The van der Waals surface area contributed by atoms with E-state index in [0.29, 0.717) is 17.3 Å². The first-order valence-electron chi connectivity index (χ1n) is 7.96. The van der Waals surface area contributed by atoms with E-state index < -0.39 is 10.8 Å². The van der Waals surface area contributed by atoms with E-state index in [1.165, 1.54) is 18.6 Å². The van der Waals surface area contributed by atoms with Crippen molar-refractivity contribution in [1.29, 1.82) is 0 Å². The molecule has 1 N–H and O–H groups in total. The van der Waals surface area contributed by atoms with Gasteiger partial charge in [0.05, 0.1) is 0 Å². The molecule has 1 saturated carbocycles. The number of halogens is 1. The van der Waals surface area contributed by atoms with Gasteiger partial charge in [-0.2, -0.15) is 0 Å². The number of rotatable bonds is 6. The standard InChI is InChI=1S/C17H26FNOS/c1-3-21(20)17-6-4-5-16(12-17)19-13(2)11-14-7-9-15(18)10-8-14/h7-10,13,16-17,19H,3-6,11-12H2,1-2H3/t13-,16+,17-,21-/m1/s1. The van der Waals surface area contributed by atoms with Crippen molar-refractivity contribution in [3.63, 3.8) is 0 Å². The molecule has 0 amide bonds. The molecule has 118 valence electrons. The van der Waals surface area contributed by atoms with Crippen molar-refractivity contribution >= 4 is 10.8 Å². The fourth-order valence-corrected chi connectivity index (χ4v) is 4.55. The van der Waals surface area contributed by atoms with E-state index in [4.69, 9.17) is 0 Å². The monoisotopic (exact) mass is 311 g/mol. The Bertz CT molecular complexity index is 462. The average Bonchev–Trinajstić information content (AvgIpc) is 2.49. The van der Waals surface area contributed by atoms with Gasteiger partial charge in [-0.3, -0.25) is 4.21 Å². The second-order valence-electron chi connectivity index (χ2n) is 6.05. The largest absolute Gasteiger partial charge is 0.311 e. The van der Waals surface area contributed by atoms with Crippen molar-refractivity contribution in [2.24, 2.45) is 0 Å². The molecule has 2 nitrogen and oxygen atoms in total. The smallest absolute Gasteiger partial charge is 0.123 e. The molecule has 0 bridgehead atoms. The Kier molecular flexibility index (Phi) is 6.37. The van der Waals surface area contributed by atoms with Crippen molar-refractivity contribution in [3.8, 4) is 0 Å². The van der Waals surface area contributed by atoms with Crippen molar-refractivity contribution in [1.82, 2.24) is 5.32 Å². The zero-order chi connectivity index (χ0) is 15.2. The number of hydrogen-bond donors (Lipinski definition) is 1. The van der Waals surface area contributed by atoms with Crippen LogP contribution in [0.25, 0.3) is 0 Å². The van der Waals surface area contributed by atoms with Crippen LogP contribution in [0.4, 0.5) is 4.39 Å². The highest BCUT2D eigenvalue weighted by Gasteiger charge is 2.26. The van der Waals surface area contributed by atoms with E-state index in [9.17, 15) is 8.60 Å². The molecule has 0 heterocycles. The lowest BCUT2D eigenvalue weighted by molar-refractivity contribution is 0.346. The van der Waals surface area contributed by atoms with Crippen LogP contribution in [-0.2, 0) is 17.2 Å². The molecule has 1 aliphatic carbocycles. The summed E-state index contributed by atoms with van der Waals surface area (Å²) in [7, 11) is -0.671. The molecule has 21 heavy (non-hydrogen) atoms. The highest BCUT2D eigenvalue weighted by Crippen LogP contribution is 2.23. The minimum Gasteiger partial charge on any atom is -0.311 e. The van der Waals surface area contributed by atoms with Gasteiger partial charge in [0, 0.05) is 33.9 Å². The second kappa shape index (κ2) is 8.04. The molecule has 1 aromatic rings. The van der Waals surface area contributed by atoms with E-state index in [1.54, 1.807) is 0 Å². The molecule has 0 spiro atoms. The molecule has 0 aromatic heterocycles. The van der Waals surface area contributed by atoms with E-state index in [0.717, 1.165) is 37.0 Å². The summed E-state index contributed by atoms with van der Waals surface area (Å²) in [5.74, 6) is 0.583. The van der Waals surface area contributed by atoms with Gasteiger partial charge in [0.1, 0.15) is 5.82 Å². The maximum absolute atomic E-state index is 12.9. The van der Waals surface area contributed by atoms with Gasteiger partial charge in [-0.1, -0.05) is 25.5 Å². The number of nitrogens with one attached hydrogen (secondary N) is 1. The summed E-state index contributed by atoms with van der Waals surface area (Å²) in [6.45, 7) is 4.17. The molecule has 2 rings (SSSR count). The highest BCUT2D eigenvalue weighted by atomic mass is 32.2. The Morgan fingerprint density at radius 1 is 1.33 bits per heavy atom. The number of hydrogen-bond acceptors (Lipinski definition) is 2. The van der Waals surface area contributed by atoms with Gasteiger partial charge in [0.2, 0.25) is 0 Å². The van der Waals surface area contributed by atoms with Crippen LogP contribution in [0.3, 0.4) is 0 Å². The lowest BCUT2D eigenvalue weighted by atomic mass is 9.94. The fourth-order valence-electron chi connectivity index (χ4n) is 3.21. The predicted molar refractivity (Wildman–Crippen MR) is 87.4 cm³/mol. The normalized spacial score (nSPS) is 25.5. The SMILES string of the molecule is CC[S@@](=O)[C@@H]1CCC[C@H](N[C@H](C)Cc2ccc(F)cc2)C1. The van der Waals surface area contributed by atoms with Crippen LogP contribution in [0.5, 0.6) is 0 Å². The van der Waals surface area contributed by atoms with Gasteiger partial charge in [-0.15, -0.1) is 0 Å². The van der Waals surface area contributed by atoms with Gasteiger partial charge in [-0.25, -0.2) is 4.39 Å². The van der Waals surface area contributed by atoms with Gasteiger partial charge in [-0.05, 0) is 50.3 Å². The first-order chi connectivity index (χ1) is 10.1. The lowest BCUT2D eigenvalue weighted by Gasteiger charge is -2.31. The zero-order valence-electron chi connectivity index (χ0n) is 13.0. The lowest BCUT2D eigenvalue weighted by Crippen LogP contribution is -2.42.